The van der Waals surface area contributed by atoms with E-state index in [2.05, 4.69) is 5.32 Å². The van der Waals surface area contributed by atoms with Crippen molar-refractivity contribution in [3.05, 3.63) is 53.6 Å². The molecule has 0 spiro atoms. The monoisotopic (exact) mass is 380 g/mol. The van der Waals surface area contributed by atoms with Crippen molar-refractivity contribution in [1.82, 2.24) is 0 Å². The second-order valence-electron chi connectivity index (χ2n) is 5.67. The summed E-state index contributed by atoms with van der Waals surface area (Å²) in [5, 5.41) is 3.15. The number of nitrogens with zero attached hydrogens (tertiary/aromatic N) is 1. The molecule has 1 amide bonds. The smallest absolute Gasteiger partial charge is 0.265 e. The number of carbonyl (C=O) groups is 1. The van der Waals surface area contributed by atoms with Crippen LogP contribution in [0, 0.1) is 0 Å². The molecule has 3 rings (SSSR count). The second-order valence-corrected chi connectivity index (χ2v) is 7.98. The standard InChI is InChI=1S/C17H17ClN2O4S/c1-25(22,23)20-11-10-16(24-15-9-5-4-8-14(15)20)17(21)19-13-7-3-2-6-12(13)18/h2-9,16H,10-11H2,1H3,(H,19,21). The Morgan fingerprint density at radius 1 is 1.20 bits per heavy atom. The van der Waals surface area contributed by atoms with Gasteiger partial charge in [-0.3, -0.25) is 9.10 Å². The minimum Gasteiger partial charge on any atom is -0.478 e. The van der Waals surface area contributed by atoms with E-state index in [1.165, 1.54) is 4.31 Å². The van der Waals surface area contributed by atoms with Crippen molar-refractivity contribution >= 4 is 38.9 Å². The van der Waals surface area contributed by atoms with Crippen LogP contribution >= 0.6 is 11.6 Å². The molecular formula is C17H17ClN2O4S. The third-order valence-corrected chi connectivity index (χ3v) is 5.33. The molecular weight excluding hydrogens is 364 g/mol. The number of halogens is 1. The number of hydrogen-bond acceptors (Lipinski definition) is 4. The van der Waals surface area contributed by atoms with Crippen LogP contribution in [0.15, 0.2) is 48.5 Å². The Kier molecular flexibility index (Phi) is 4.87. The molecule has 25 heavy (non-hydrogen) atoms. The maximum Gasteiger partial charge on any atom is 0.265 e. The van der Waals surface area contributed by atoms with Gasteiger partial charge in [-0.1, -0.05) is 35.9 Å². The van der Waals surface area contributed by atoms with Gasteiger partial charge in [0.15, 0.2) is 6.10 Å². The minimum absolute atomic E-state index is 0.149. The van der Waals surface area contributed by atoms with E-state index in [9.17, 15) is 13.2 Å². The molecule has 0 aromatic heterocycles. The van der Waals surface area contributed by atoms with Crippen molar-refractivity contribution in [3.8, 4) is 5.75 Å². The number of amides is 1. The molecule has 8 heteroatoms. The predicted molar refractivity (Wildman–Crippen MR) is 97.7 cm³/mol. The van der Waals surface area contributed by atoms with Gasteiger partial charge in [0.25, 0.3) is 5.91 Å². The summed E-state index contributed by atoms with van der Waals surface area (Å²) in [6.07, 6.45) is 0.524. The summed E-state index contributed by atoms with van der Waals surface area (Å²) >= 11 is 6.06. The van der Waals surface area contributed by atoms with Gasteiger partial charge in [0.05, 0.1) is 22.7 Å². The van der Waals surface area contributed by atoms with Crippen LogP contribution in [0.4, 0.5) is 11.4 Å². The third-order valence-electron chi connectivity index (χ3n) is 3.82. The molecule has 132 valence electrons. The summed E-state index contributed by atoms with van der Waals surface area (Å²) in [7, 11) is -3.48. The molecule has 0 fully saturated rings. The first-order valence-electron chi connectivity index (χ1n) is 7.65. The highest BCUT2D eigenvalue weighted by Crippen LogP contribution is 2.34. The van der Waals surface area contributed by atoms with Gasteiger partial charge >= 0.3 is 0 Å². The van der Waals surface area contributed by atoms with Crippen LogP contribution in [0.5, 0.6) is 5.75 Å². The van der Waals surface area contributed by atoms with Crippen LogP contribution in [0.3, 0.4) is 0 Å². The van der Waals surface area contributed by atoms with Crippen molar-refractivity contribution in [3.63, 3.8) is 0 Å². The predicted octanol–water partition coefficient (Wildman–Crippen LogP) is 2.90. The number of fused-ring (bicyclic) bond motifs is 1. The Hall–Kier alpha value is -2.25. The molecule has 6 nitrogen and oxygen atoms in total. The Balaban J connectivity index is 1.86. The molecule has 0 saturated heterocycles. The second kappa shape index (κ2) is 6.93. The molecule has 2 aromatic carbocycles. The number of anilines is 2. The van der Waals surface area contributed by atoms with E-state index in [-0.39, 0.29) is 18.9 Å². The third kappa shape index (κ3) is 3.88. The van der Waals surface area contributed by atoms with E-state index in [1.807, 2.05) is 0 Å². The maximum absolute atomic E-state index is 12.6. The normalized spacial score (nSPS) is 17.2. The van der Waals surface area contributed by atoms with E-state index in [0.717, 1.165) is 6.26 Å². The van der Waals surface area contributed by atoms with Crippen LogP contribution in [0.2, 0.25) is 5.02 Å². The molecule has 1 N–H and O–H groups in total. The summed E-state index contributed by atoms with van der Waals surface area (Å²) in [4.78, 5) is 12.6. The van der Waals surface area contributed by atoms with Crippen molar-refractivity contribution < 1.29 is 17.9 Å². The number of benzene rings is 2. The van der Waals surface area contributed by atoms with Crippen LogP contribution in [0.25, 0.3) is 0 Å². The van der Waals surface area contributed by atoms with Crippen molar-refractivity contribution in [2.45, 2.75) is 12.5 Å². The summed E-state index contributed by atoms with van der Waals surface area (Å²) in [5.41, 5.74) is 0.910. The summed E-state index contributed by atoms with van der Waals surface area (Å²) in [5.74, 6) is -0.0250. The van der Waals surface area contributed by atoms with Gasteiger partial charge in [-0.05, 0) is 24.3 Å². The number of ether oxygens (including phenoxy) is 1. The number of sulfonamides is 1. The molecule has 0 aliphatic carbocycles. The maximum atomic E-state index is 12.6. The zero-order valence-electron chi connectivity index (χ0n) is 13.5. The molecule has 0 radical (unpaired) electrons. The summed E-state index contributed by atoms with van der Waals surface area (Å²) in [6, 6.07) is 13.6. The molecule has 1 unspecified atom stereocenters. The van der Waals surface area contributed by atoms with Crippen molar-refractivity contribution in [2.75, 3.05) is 22.4 Å². The fourth-order valence-corrected chi connectivity index (χ4v) is 3.76. The topological polar surface area (TPSA) is 75.7 Å². The van der Waals surface area contributed by atoms with E-state index in [0.29, 0.717) is 22.1 Å². The fourth-order valence-electron chi connectivity index (χ4n) is 2.63. The number of para-hydroxylation sites is 3. The van der Waals surface area contributed by atoms with E-state index < -0.39 is 16.1 Å². The van der Waals surface area contributed by atoms with Crippen LogP contribution < -0.4 is 14.4 Å². The lowest BCUT2D eigenvalue weighted by molar-refractivity contribution is -0.122. The van der Waals surface area contributed by atoms with E-state index >= 15 is 0 Å². The van der Waals surface area contributed by atoms with E-state index in [4.69, 9.17) is 16.3 Å². The lowest BCUT2D eigenvalue weighted by atomic mass is 10.2. The molecule has 1 aliphatic heterocycles. The molecule has 1 heterocycles. The average molecular weight is 381 g/mol. The number of hydrogen-bond donors (Lipinski definition) is 1. The molecule has 1 atom stereocenters. The highest BCUT2D eigenvalue weighted by atomic mass is 35.5. The highest BCUT2D eigenvalue weighted by Gasteiger charge is 2.31. The molecule has 0 saturated carbocycles. The number of rotatable bonds is 3. The Morgan fingerprint density at radius 2 is 1.88 bits per heavy atom. The van der Waals surface area contributed by atoms with Crippen LogP contribution in [0.1, 0.15) is 6.42 Å². The molecule has 2 aromatic rings. The lowest BCUT2D eigenvalue weighted by Gasteiger charge is -2.20. The van der Waals surface area contributed by atoms with Gasteiger partial charge in [0, 0.05) is 13.0 Å². The SMILES string of the molecule is CS(=O)(=O)N1CCC(C(=O)Nc2ccccc2Cl)Oc2ccccc21. The van der Waals surface area contributed by atoms with Crippen molar-refractivity contribution in [2.24, 2.45) is 0 Å². The van der Waals surface area contributed by atoms with Gasteiger partial charge in [-0.2, -0.15) is 0 Å². The van der Waals surface area contributed by atoms with Crippen molar-refractivity contribution in [1.29, 1.82) is 0 Å². The number of carbonyl (C=O) groups excluding carboxylic acids is 1. The number of nitrogens with one attached hydrogen (secondary N) is 1. The Labute approximate surface area is 151 Å². The summed E-state index contributed by atoms with van der Waals surface area (Å²) in [6.45, 7) is 0.149. The highest BCUT2D eigenvalue weighted by molar-refractivity contribution is 7.92. The summed E-state index contributed by atoms with van der Waals surface area (Å²) < 4.78 is 31.2. The quantitative estimate of drug-likeness (QED) is 0.888. The largest absolute Gasteiger partial charge is 0.478 e. The first-order chi connectivity index (χ1) is 11.9. The van der Waals surface area contributed by atoms with Crippen LogP contribution in [-0.2, 0) is 14.8 Å². The fraction of sp³-hybridized carbons (Fsp3) is 0.235. The van der Waals surface area contributed by atoms with Crippen LogP contribution in [-0.4, -0.2) is 33.2 Å². The first-order valence-corrected chi connectivity index (χ1v) is 9.87. The van der Waals surface area contributed by atoms with E-state index in [1.54, 1.807) is 48.5 Å². The average Bonchev–Trinajstić information content (AvgIpc) is 2.76. The Bertz CT molecular complexity index is 901. The minimum atomic E-state index is -3.48. The van der Waals surface area contributed by atoms with Gasteiger partial charge in [0.2, 0.25) is 10.0 Å². The first kappa shape index (κ1) is 17.6. The van der Waals surface area contributed by atoms with Gasteiger partial charge < -0.3 is 10.1 Å². The Morgan fingerprint density at radius 3 is 2.60 bits per heavy atom. The zero-order chi connectivity index (χ0) is 18.0. The van der Waals surface area contributed by atoms with Gasteiger partial charge in [-0.25, -0.2) is 8.42 Å². The molecule has 0 bridgehead atoms. The van der Waals surface area contributed by atoms with Gasteiger partial charge in [-0.15, -0.1) is 0 Å². The zero-order valence-corrected chi connectivity index (χ0v) is 15.0. The lowest BCUT2D eigenvalue weighted by Crippen LogP contribution is -2.36. The van der Waals surface area contributed by atoms with Gasteiger partial charge in [0.1, 0.15) is 5.75 Å². The molecule has 1 aliphatic rings.